The summed E-state index contributed by atoms with van der Waals surface area (Å²) >= 11 is 0. The summed E-state index contributed by atoms with van der Waals surface area (Å²) in [7, 11) is 1.52. The highest BCUT2D eigenvalue weighted by atomic mass is 16.5. The van der Waals surface area contributed by atoms with Gasteiger partial charge in [-0.15, -0.1) is 0 Å². The molecule has 4 heteroatoms. The van der Waals surface area contributed by atoms with Gasteiger partial charge in [-0.05, 0) is 43.2 Å². The number of hydrogen-bond acceptors (Lipinski definition) is 3. The van der Waals surface area contributed by atoms with Crippen molar-refractivity contribution in [3.05, 3.63) is 53.2 Å². The molecular weight excluding hydrogens is 240 g/mol. The molecule has 1 aromatic carbocycles. The van der Waals surface area contributed by atoms with Crippen molar-refractivity contribution < 1.29 is 9.53 Å². The Morgan fingerprint density at radius 3 is 2.47 bits per heavy atom. The van der Waals surface area contributed by atoms with E-state index in [1.54, 1.807) is 18.2 Å². The van der Waals surface area contributed by atoms with Gasteiger partial charge in [0.15, 0.2) is 0 Å². The molecule has 4 nitrogen and oxygen atoms in total. The normalized spacial score (nSPS) is 10.1. The molecule has 2 rings (SSSR count). The Kier molecular flexibility index (Phi) is 3.80. The summed E-state index contributed by atoms with van der Waals surface area (Å²) in [4.78, 5) is 16.2. The summed E-state index contributed by atoms with van der Waals surface area (Å²) in [5.41, 5.74) is 3.31. The first kappa shape index (κ1) is 13.1. The summed E-state index contributed by atoms with van der Waals surface area (Å²) < 4.78 is 5.00. The molecule has 0 fully saturated rings. The number of anilines is 1. The molecule has 0 bridgehead atoms. The van der Waals surface area contributed by atoms with Crippen LogP contribution >= 0.6 is 0 Å². The molecule has 0 aliphatic heterocycles. The van der Waals surface area contributed by atoms with Gasteiger partial charge in [0.1, 0.15) is 5.69 Å². The van der Waals surface area contributed by atoms with Gasteiger partial charge in [0.05, 0.1) is 7.11 Å². The molecule has 0 aliphatic rings. The zero-order valence-corrected chi connectivity index (χ0v) is 11.2. The number of benzene rings is 1. The molecule has 1 N–H and O–H groups in total. The van der Waals surface area contributed by atoms with Crippen LogP contribution in [0.5, 0.6) is 5.88 Å². The van der Waals surface area contributed by atoms with Crippen LogP contribution in [0.4, 0.5) is 5.69 Å². The van der Waals surface area contributed by atoms with Crippen molar-refractivity contribution >= 4 is 11.6 Å². The minimum absolute atomic E-state index is 0.246. The number of carbonyl (C=O) groups excluding carboxylic acids is 1. The van der Waals surface area contributed by atoms with Crippen LogP contribution in [0, 0.1) is 13.8 Å². The van der Waals surface area contributed by atoms with Crippen LogP contribution in [0.2, 0.25) is 0 Å². The largest absolute Gasteiger partial charge is 0.481 e. The molecule has 0 aliphatic carbocycles. The summed E-state index contributed by atoms with van der Waals surface area (Å²) in [6.45, 7) is 3.99. The second-order valence-electron chi connectivity index (χ2n) is 4.40. The molecule has 0 spiro atoms. The minimum Gasteiger partial charge on any atom is -0.481 e. The van der Waals surface area contributed by atoms with Gasteiger partial charge in [0, 0.05) is 11.8 Å². The van der Waals surface area contributed by atoms with Crippen LogP contribution in [-0.4, -0.2) is 18.0 Å². The number of carbonyl (C=O) groups is 1. The number of aryl methyl sites for hydroxylation is 2. The maximum absolute atomic E-state index is 12.1. The van der Waals surface area contributed by atoms with Gasteiger partial charge in [-0.2, -0.15) is 0 Å². The van der Waals surface area contributed by atoms with Gasteiger partial charge in [-0.1, -0.05) is 12.1 Å². The standard InChI is InChI=1S/C15H16N2O2/c1-10-7-11(2)9-12(8-10)16-15(18)13-5-4-6-14(17-13)19-3/h4-9H,1-3H3,(H,16,18). The Balaban J connectivity index is 2.20. The fourth-order valence-corrected chi connectivity index (χ4v) is 1.90. The van der Waals surface area contributed by atoms with Crippen molar-refractivity contribution in [2.75, 3.05) is 12.4 Å². The molecule has 0 atom stereocenters. The lowest BCUT2D eigenvalue weighted by Crippen LogP contribution is -2.14. The van der Waals surface area contributed by atoms with Gasteiger partial charge in [-0.25, -0.2) is 4.98 Å². The lowest BCUT2D eigenvalue weighted by atomic mass is 10.1. The van der Waals surface area contributed by atoms with Gasteiger partial charge in [-0.3, -0.25) is 4.79 Å². The Morgan fingerprint density at radius 1 is 1.16 bits per heavy atom. The lowest BCUT2D eigenvalue weighted by Gasteiger charge is -2.07. The van der Waals surface area contributed by atoms with E-state index in [0.29, 0.717) is 11.6 Å². The number of pyridine rings is 1. The Hall–Kier alpha value is -2.36. The van der Waals surface area contributed by atoms with E-state index < -0.39 is 0 Å². The third-order valence-electron chi connectivity index (χ3n) is 2.64. The van der Waals surface area contributed by atoms with Gasteiger partial charge in [0.2, 0.25) is 5.88 Å². The van der Waals surface area contributed by atoms with E-state index in [1.807, 2.05) is 26.0 Å². The van der Waals surface area contributed by atoms with E-state index in [2.05, 4.69) is 16.4 Å². The third-order valence-corrected chi connectivity index (χ3v) is 2.64. The first-order chi connectivity index (χ1) is 9.08. The van der Waals surface area contributed by atoms with E-state index >= 15 is 0 Å². The summed E-state index contributed by atoms with van der Waals surface area (Å²) in [6, 6.07) is 11.0. The molecule has 19 heavy (non-hydrogen) atoms. The highest BCUT2D eigenvalue weighted by Gasteiger charge is 2.09. The highest BCUT2D eigenvalue weighted by Crippen LogP contribution is 2.15. The quantitative estimate of drug-likeness (QED) is 0.918. The number of methoxy groups -OCH3 is 1. The van der Waals surface area contributed by atoms with Crippen LogP contribution in [0.3, 0.4) is 0 Å². The number of nitrogens with one attached hydrogen (secondary N) is 1. The van der Waals surface area contributed by atoms with Crippen LogP contribution < -0.4 is 10.1 Å². The second kappa shape index (κ2) is 5.52. The summed E-state index contributed by atoms with van der Waals surface area (Å²) in [6.07, 6.45) is 0. The summed E-state index contributed by atoms with van der Waals surface area (Å²) in [5.74, 6) is 0.178. The SMILES string of the molecule is COc1cccc(C(=O)Nc2cc(C)cc(C)c2)n1. The van der Waals surface area contributed by atoms with Crippen LogP contribution in [0.15, 0.2) is 36.4 Å². The first-order valence-electron chi connectivity index (χ1n) is 5.99. The average Bonchev–Trinajstić information content (AvgIpc) is 2.37. The number of hydrogen-bond donors (Lipinski definition) is 1. The Bertz CT molecular complexity index is 589. The molecule has 1 amide bonds. The second-order valence-corrected chi connectivity index (χ2v) is 4.40. The minimum atomic E-state index is -0.246. The molecule has 1 aromatic heterocycles. The van der Waals surface area contributed by atoms with Crippen molar-refractivity contribution in [1.29, 1.82) is 0 Å². The predicted molar refractivity (Wildman–Crippen MR) is 74.7 cm³/mol. The van der Waals surface area contributed by atoms with E-state index in [-0.39, 0.29) is 5.91 Å². The number of amides is 1. The zero-order valence-electron chi connectivity index (χ0n) is 11.2. The number of aromatic nitrogens is 1. The van der Waals surface area contributed by atoms with Gasteiger partial charge in [0.25, 0.3) is 5.91 Å². The van der Waals surface area contributed by atoms with Crippen molar-refractivity contribution in [1.82, 2.24) is 4.98 Å². The molecule has 1 heterocycles. The predicted octanol–water partition coefficient (Wildman–Crippen LogP) is 2.96. The van der Waals surface area contributed by atoms with Crippen LogP contribution in [0.25, 0.3) is 0 Å². The molecule has 0 radical (unpaired) electrons. The number of ether oxygens (including phenoxy) is 1. The van der Waals surface area contributed by atoms with E-state index in [0.717, 1.165) is 16.8 Å². The lowest BCUT2D eigenvalue weighted by molar-refractivity contribution is 0.102. The first-order valence-corrected chi connectivity index (χ1v) is 5.99. The number of rotatable bonds is 3. The van der Waals surface area contributed by atoms with E-state index in [1.165, 1.54) is 7.11 Å². The van der Waals surface area contributed by atoms with Gasteiger partial charge < -0.3 is 10.1 Å². The molecular formula is C15H16N2O2. The zero-order chi connectivity index (χ0) is 13.8. The Labute approximate surface area is 112 Å². The molecule has 98 valence electrons. The molecule has 0 saturated carbocycles. The maximum Gasteiger partial charge on any atom is 0.274 e. The van der Waals surface area contributed by atoms with Crippen molar-refractivity contribution in [2.24, 2.45) is 0 Å². The third kappa shape index (κ3) is 3.31. The van der Waals surface area contributed by atoms with Crippen LogP contribution in [-0.2, 0) is 0 Å². The van der Waals surface area contributed by atoms with Crippen molar-refractivity contribution in [2.45, 2.75) is 13.8 Å². The molecule has 2 aromatic rings. The van der Waals surface area contributed by atoms with E-state index in [4.69, 9.17) is 4.74 Å². The molecule has 0 saturated heterocycles. The maximum atomic E-state index is 12.1. The fraction of sp³-hybridized carbons (Fsp3) is 0.200. The van der Waals surface area contributed by atoms with Crippen molar-refractivity contribution in [3.8, 4) is 5.88 Å². The smallest absolute Gasteiger partial charge is 0.274 e. The number of nitrogens with zero attached hydrogens (tertiary/aromatic N) is 1. The topological polar surface area (TPSA) is 51.2 Å². The highest BCUT2D eigenvalue weighted by molar-refractivity contribution is 6.03. The summed E-state index contributed by atoms with van der Waals surface area (Å²) in [5, 5.41) is 2.83. The Morgan fingerprint density at radius 2 is 1.84 bits per heavy atom. The van der Waals surface area contributed by atoms with Crippen molar-refractivity contribution in [3.63, 3.8) is 0 Å². The fourth-order valence-electron chi connectivity index (χ4n) is 1.90. The van der Waals surface area contributed by atoms with Gasteiger partial charge >= 0.3 is 0 Å². The van der Waals surface area contributed by atoms with Crippen LogP contribution in [0.1, 0.15) is 21.6 Å². The van der Waals surface area contributed by atoms with E-state index in [9.17, 15) is 4.79 Å². The average molecular weight is 256 g/mol. The monoisotopic (exact) mass is 256 g/mol. The molecule has 0 unspecified atom stereocenters.